The largest absolute Gasteiger partial charge is 0.472 e. The van der Waals surface area contributed by atoms with Crippen molar-refractivity contribution >= 4 is 52.5 Å². The molecule has 0 bridgehead atoms. The number of nitrogens with zero attached hydrogens (tertiary/aromatic N) is 3. The van der Waals surface area contributed by atoms with E-state index in [9.17, 15) is 9.59 Å². The Morgan fingerprint density at radius 1 is 1.17 bits per heavy atom. The van der Waals surface area contributed by atoms with Gasteiger partial charge < -0.3 is 15.4 Å². The fourth-order valence-electron chi connectivity index (χ4n) is 3.40. The molecule has 0 spiro atoms. The number of pyridine rings is 1. The summed E-state index contributed by atoms with van der Waals surface area (Å²) in [6.07, 6.45) is 1.59. The zero-order chi connectivity index (χ0) is 25.3. The quantitative estimate of drug-likeness (QED) is 0.454. The first kappa shape index (κ1) is 25.3. The lowest BCUT2D eigenvalue weighted by molar-refractivity contribution is 0.0920. The number of amides is 2. The van der Waals surface area contributed by atoms with Crippen molar-refractivity contribution < 1.29 is 14.3 Å². The molecule has 0 atom stereocenters. The van der Waals surface area contributed by atoms with Crippen LogP contribution in [0.25, 0.3) is 5.82 Å². The Bertz CT molecular complexity index is 1280. The van der Waals surface area contributed by atoms with Crippen LogP contribution in [0.15, 0.2) is 36.5 Å². The lowest BCUT2D eigenvalue weighted by Gasteiger charge is -2.24. The fraction of sp³-hybridized carbons (Fsp3) is 0.333. The topological polar surface area (TPSA) is 98.1 Å². The monoisotopic (exact) mass is 533 g/mol. The highest BCUT2D eigenvalue weighted by Crippen LogP contribution is 2.29. The summed E-state index contributed by atoms with van der Waals surface area (Å²) in [5.41, 5.74) is 0.913. The summed E-state index contributed by atoms with van der Waals surface area (Å²) in [5, 5.41) is 10.9. The molecule has 2 N–H and O–H groups in total. The van der Waals surface area contributed by atoms with Gasteiger partial charge in [-0.05, 0) is 57.5 Å². The molecule has 8 nitrogen and oxygen atoms in total. The van der Waals surface area contributed by atoms with Gasteiger partial charge in [0, 0.05) is 34.3 Å². The first-order chi connectivity index (χ1) is 16.5. The van der Waals surface area contributed by atoms with Crippen molar-refractivity contribution in [2.45, 2.75) is 39.3 Å². The van der Waals surface area contributed by atoms with E-state index in [1.807, 2.05) is 20.8 Å². The molecule has 0 aliphatic carbocycles. The van der Waals surface area contributed by atoms with Crippen molar-refractivity contribution in [1.82, 2.24) is 20.1 Å². The van der Waals surface area contributed by atoms with Gasteiger partial charge in [0.2, 0.25) is 5.88 Å². The van der Waals surface area contributed by atoms with Crippen LogP contribution in [0.1, 0.15) is 47.2 Å². The number of thioether (sulfide) groups is 1. The van der Waals surface area contributed by atoms with Gasteiger partial charge in [0.1, 0.15) is 11.8 Å². The van der Waals surface area contributed by atoms with Gasteiger partial charge in [0.15, 0.2) is 5.82 Å². The van der Waals surface area contributed by atoms with E-state index in [1.54, 1.807) is 49.1 Å². The Hall–Kier alpha value is -2.75. The summed E-state index contributed by atoms with van der Waals surface area (Å²) in [5.74, 6) is 1.43. The van der Waals surface area contributed by atoms with Crippen LogP contribution in [0.4, 0.5) is 5.69 Å². The van der Waals surface area contributed by atoms with E-state index in [0.29, 0.717) is 27.2 Å². The molecule has 0 saturated carbocycles. The van der Waals surface area contributed by atoms with Crippen molar-refractivity contribution in [3.63, 3.8) is 0 Å². The number of carbonyl (C=O) groups excluding carboxylic acids is 2. The van der Waals surface area contributed by atoms with Crippen LogP contribution in [-0.4, -0.2) is 49.7 Å². The molecule has 4 rings (SSSR count). The number of nitrogens with one attached hydrogen (secondary N) is 2. The Morgan fingerprint density at radius 2 is 1.91 bits per heavy atom. The first-order valence-electron chi connectivity index (χ1n) is 10.9. The van der Waals surface area contributed by atoms with E-state index in [4.69, 9.17) is 27.9 Å². The number of aromatic nitrogens is 3. The highest BCUT2D eigenvalue weighted by Gasteiger charge is 2.27. The number of aryl methyl sites for hydroxylation is 1. The predicted molar refractivity (Wildman–Crippen MR) is 139 cm³/mol. The second-order valence-electron chi connectivity index (χ2n) is 9.17. The average molecular weight is 534 g/mol. The van der Waals surface area contributed by atoms with Gasteiger partial charge in [-0.1, -0.05) is 23.2 Å². The lowest BCUT2D eigenvalue weighted by Crippen LogP contribution is -2.41. The van der Waals surface area contributed by atoms with Gasteiger partial charge in [0.05, 0.1) is 16.3 Å². The molecule has 1 aliphatic heterocycles. The van der Waals surface area contributed by atoms with Gasteiger partial charge in [0.25, 0.3) is 11.8 Å². The molecule has 184 valence electrons. The van der Waals surface area contributed by atoms with E-state index >= 15 is 0 Å². The molecule has 3 aromatic rings. The van der Waals surface area contributed by atoms with Crippen molar-refractivity contribution in [3.05, 3.63) is 63.4 Å². The first-order valence-corrected chi connectivity index (χ1v) is 12.8. The molecular formula is C24H25Cl2N5O3S. The van der Waals surface area contributed by atoms with Crippen molar-refractivity contribution in [1.29, 1.82) is 0 Å². The van der Waals surface area contributed by atoms with E-state index in [2.05, 4.69) is 20.7 Å². The molecule has 11 heteroatoms. The maximum Gasteiger partial charge on any atom is 0.274 e. The van der Waals surface area contributed by atoms with Gasteiger partial charge in [-0.25, -0.2) is 9.67 Å². The van der Waals surface area contributed by atoms with E-state index in [-0.39, 0.29) is 29.1 Å². The number of carbonyl (C=O) groups is 2. The van der Waals surface area contributed by atoms with Gasteiger partial charge in [-0.2, -0.15) is 11.8 Å². The van der Waals surface area contributed by atoms with E-state index in [0.717, 1.165) is 11.5 Å². The molecule has 1 aromatic carbocycles. The number of halogens is 2. The molecular weight excluding hydrogens is 509 g/mol. The van der Waals surface area contributed by atoms with Crippen molar-refractivity contribution in [3.8, 4) is 11.7 Å². The molecule has 1 fully saturated rings. The zero-order valence-corrected chi connectivity index (χ0v) is 22.0. The van der Waals surface area contributed by atoms with Crippen LogP contribution in [0.2, 0.25) is 10.0 Å². The van der Waals surface area contributed by atoms with Crippen LogP contribution in [0.5, 0.6) is 5.88 Å². The molecule has 2 amide bonds. The summed E-state index contributed by atoms with van der Waals surface area (Å²) in [6.45, 7) is 7.39. The highest BCUT2D eigenvalue weighted by atomic mass is 35.5. The number of rotatable bonds is 6. The highest BCUT2D eigenvalue weighted by molar-refractivity contribution is 8.00. The third-order valence-corrected chi connectivity index (χ3v) is 6.75. The summed E-state index contributed by atoms with van der Waals surface area (Å²) < 4.78 is 7.25. The predicted octanol–water partition coefficient (Wildman–Crippen LogP) is 5.16. The molecule has 0 radical (unpaired) electrons. The minimum Gasteiger partial charge on any atom is -0.472 e. The smallest absolute Gasteiger partial charge is 0.274 e. The Kier molecular flexibility index (Phi) is 7.30. The van der Waals surface area contributed by atoms with Gasteiger partial charge in [-0.15, -0.1) is 5.10 Å². The van der Waals surface area contributed by atoms with Crippen molar-refractivity contribution in [2.75, 3.05) is 16.8 Å². The third kappa shape index (κ3) is 5.91. The molecule has 0 unspecified atom stereocenters. The molecule has 2 aromatic heterocycles. The number of benzene rings is 1. The number of anilines is 1. The Balaban J connectivity index is 1.72. The third-order valence-electron chi connectivity index (χ3n) is 5.03. The minimum absolute atomic E-state index is 0.0321. The Morgan fingerprint density at radius 3 is 2.54 bits per heavy atom. The standard InChI is InChI=1S/C24H25Cl2N5O3S/c1-13-8-14(25)9-16(22(32)29-24(2,3)4)20(13)28-23(33)18-10-19(34-15-11-35-12-15)30-31(18)21-17(26)6-5-7-27-21/h5-10,15H,11-12H2,1-4H3,(H,28,33)(H,29,32). The van der Waals surface area contributed by atoms with Crippen LogP contribution >= 0.6 is 35.0 Å². The summed E-state index contributed by atoms with van der Waals surface area (Å²) >= 11 is 14.4. The van der Waals surface area contributed by atoms with E-state index in [1.165, 1.54) is 10.7 Å². The van der Waals surface area contributed by atoms with E-state index < -0.39 is 11.4 Å². The Labute approximate surface area is 217 Å². The molecule has 35 heavy (non-hydrogen) atoms. The molecule has 3 heterocycles. The molecule has 1 aliphatic rings. The normalized spacial score (nSPS) is 13.8. The summed E-state index contributed by atoms with van der Waals surface area (Å²) in [6, 6.07) is 8.11. The average Bonchev–Trinajstić information content (AvgIpc) is 3.15. The number of hydrogen-bond donors (Lipinski definition) is 2. The SMILES string of the molecule is Cc1cc(Cl)cc(C(=O)NC(C)(C)C)c1NC(=O)c1cc(OC2CSC2)nn1-c1ncccc1Cl. The maximum absolute atomic E-state index is 13.5. The van der Waals surface area contributed by atoms with Crippen LogP contribution in [0.3, 0.4) is 0 Å². The fourth-order valence-corrected chi connectivity index (χ4v) is 4.44. The van der Waals surface area contributed by atoms with Gasteiger partial charge in [-0.3, -0.25) is 9.59 Å². The number of hydrogen-bond acceptors (Lipinski definition) is 6. The minimum atomic E-state index is -0.507. The van der Waals surface area contributed by atoms with Crippen LogP contribution in [0, 0.1) is 6.92 Å². The summed E-state index contributed by atoms with van der Waals surface area (Å²) in [4.78, 5) is 30.8. The van der Waals surface area contributed by atoms with Crippen LogP contribution < -0.4 is 15.4 Å². The second-order valence-corrected chi connectivity index (χ2v) is 11.1. The molecule has 1 saturated heterocycles. The van der Waals surface area contributed by atoms with Crippen molar-refractivity contribution in [2.24, 2.45) is 0 Å². The van der Waals surface area contributed by atoms with Gasteiger partial charge >= 0.3 is 0 Å². The number of ether oxygens (including phenoxy) is 1. The van der Waals surface area contributed by atoms with Crippen LogP contribution in [-0.2, 0) is 0 Å². The summed E-state index contributed by atoms with van der Waals surface area (Å²) in [7, 11) is 0. The second kappa shape index (κ2) is 10.1. The maximum atomic E-state index is 13.5. The lowest BCUT2D eigenvalue weighted by atomic mass is 10.0. The zero-order valence-electron chi connectivity index (χ0n) is 19.7.